The fourth-order valence-electron chi connectivity index (χ4n) is 1.17. The Hall–Kier alpha value is 0.250. The molecule has 1 aromatic rings. The van der Waals surface area contributed by atoms with Crippen LogP contribution < -0.4 is 0 Å². The quantitative estimate of drug-likeness (QED) is 0.686. The molecule has 1 rings (SSSR count). The lowest BCUT2D eigenvalue weighted by atomic mass is 9.87. The molecule has 0 spiro atoms. The molecule has 1 unspecified atom stereocenters. The Balaban J connectivity index is 2.99. The van der Waals surface area contributed by atoms with Crippen LogP contribution in [0.2, 0.25) is 0 Å². The Morgan fingerprint density at radius 3 is 2.25 bits per heavy atom. The largest absolute Gasteiger partial charge is 0.310 e. The van der Waals surface area contributed by atoms with Crippen LogP contribution in [0.4, 0.5) is 0 Å². The van der Waals surface area contributed by atoms with Gasteiger partial charge in [0.15, 0.2) is 4.73 Å². The fraction of sp³-hybridized carbons (Fsp3) is 0.667. The van der Waals surface area contributed by atoms with Gasteiger partial charge < -0.3 is 4.57 Å². The van der Waals surface area contributed by atoms with E-state index in [2.05, 4.69) is 58.0 Å². The topological polar surface area (TPSA) is 47.2 Å². The predicted molar refractivity (Wildman–Crippen MR) is 74.4 cm³/mol. The number of imidazole rings is 1. The van der Waals surface area contributed by atoms with Crippen molar-refractivity contribution >= 4 is 47.8 Å². The summed E-state index contributed by atoms with van der Waals surface area (Å²) >= 11 is 10.1. The highest BCUT2D eigenvalue weighted by molar-refractivity contribution is 9.13. The van der Waals surface area contributed by atoms with Crippen molar-refractivity contribution in [1.82, 2.24) is 9.55 Å². The van der Waals surface area contributed by atoms with Gasteiger partial charge in [-0.3, -0.25) is 0 Å². The van der Waals surface area contributed by atoms with Crippen LogP contribution in [0, 0.1) is 10.3 Å². The average Bonchev–Trinajstić information content (AvgIpc) is 2.37. The van der Waals surface area contributed by atoms with Crippen molar-refractivity contribution in [2.75, 3.05) is 0 Å². The predicted octanol–water partition coefficient (Wildman–Crippen LogP) is 4.35. The molecule has 0 bridgehead atoms. The second-order valence-electron chi connectivity index (χ2n) is 4.56. The standard InChI is InChI=1S/C9H12Br3N3O/c1-9(2,3)5(14-16)4-15-7(11)6(10)13-8(15)12/h5H,4H2,1-3H3. The number of hydrogen-bond acceptors (Lipinski definition) is 3. The van der Waals surface area contributed by atoms with Crippen molar-refractivity contribution < 1.29 is 0 Å². The Morgan fingerprint density at radius 1 is 1.38 bits per heavy atom. The minimum atomic E-state index is -0.304. The number of aromatic nitrogens is 2. The summed E-state index contributed by atoms with van der Waals surface area (Å²) in [7, 11) is 0. The zero-order valence-corrected chi connectivity index (χ0v) is 13.9. The first-order chi connectivity index (χ1) is 7.27. The van der Waals surface area contributed by atoms with Gasteiger partial charge in [0.25, 0.3) is 0 Å². The number of nitroso groups, excluding NO2 is 1. The normalized spacial score (nSPS) is 13.9. The third kappa shape index (κ3) is 3.13. The van der Waals surface area contributed by atoms with Crippen LogP contribution in [0.15, 0.2) is 19.1 Å². The molecule has 90 valence electrons. The van der Waals surface area contributed by atoms with Crippen molar-refractivity contribution in [2.24, 2.45) is 10.6 Å². The van der Waals surface area contributed by atoms with Crippen LogP contribution in [-0.4, -0.2) is 15.6 Å². The third-order valence-corrected chi connectivity index (χ3v) is 4.80. The summed E-state index contributed by atoms with van der Waals surface area (Å²) < 4.78 is 4.04. The summed E-state index contributed by atoms with van der Waals surface area (Å²) in [5, 5.41) is 3.19. The summed E-state index contributed by atoms with van der Waals surface area (Å²) in [6.45, 7) is 6.47. The maximum Gasteiger partial charge on any atom is 0.179 e. The maximum absolute atomic E-state index is 10.9. The molecule has 0 fully saturated rings. The molecule has 0 aliphatic heterocycles. The van der Waals surface area contributed by atoms with Gasteiger partial charge in [-0.2, -0.15) is 4.91 Å². The first-order valence-electron chi connectivity index (χ1n) is 4.67. The van der Waals surface area contributed by atoms with E-state index in [0.29, 0.717) is 15.9 Å². The van der Waals surface area contributed by atoms with Crippen molar-refractivity contribution in [3.8, 4) is 0 Å². The van der Waals surface area contributed by atoms with Crippen LogP contribution in [0.25, 0.3) is 0 Å². The van der Waals surface area contributed by atoms with Crippen LogP contribution in [0.5, 0.6) is 0 Å². The SMILES string of the molecule is CC(C)(C)C(Cn1c(Br)nc(Br)c1Br)N=O. The summed E-state index contributed by atoms with van der Waals surface area (Å²) in [6, 6.07) is -0.304. The number of nitrogens with zero attached hydrogens (tertiary/aromatic N) is 3. The average molecular weight is 418 g/mol. The van der Waals surface area contributed by atoms with Crippen LogP contribution in [0.1, 0.15) is 20.8 Å². The first-order valence-corrected chi connectivity index (χ1v) is 7.04. The molecule has 0 aliphatic carbocycles. The zero-order chi connectivity index (χ0) is 12.5. The van der Waals surface area contributed by atoms with E-state index < -0.39 is 0 Å². The molecule has 1 atom stereocenters. The van der Waals surface area contributed by atoms with Gasteiger partial charge in [-0.1, -0.05) is 25.9 Å². The van der Waals surface area contributed by atoms with Crippen molar-refractivity contribution in [3.05, 3.63) is 18.8 Å². The lowest BCUT2D eigenvalue weighted by Crippen LogP contribution is -2.29. The molecule has 1 heterocycles. The van der Waals surface area contributed by atoms with Crippen molar-refractivity contribution in [3.63, 3.8) is 0 Å². The van der Waals surface area contributed by atoms with Gasteiger partial charge in [0.1, 0.15) is 15.2 Å². The lowest BCUT2D eigenvalue weighted by Gasteiger charge is -2.25. The van der Waals surface area contributed by atoms with E-state index >= 15 is 0 Å². The second-order valence-corrected chi connectivity index (χ2v) is 6.77. The maximum atomic E-state index is 10.9. The molecular weight excluding hydrogens is 406 g/mol. The Morgan fingerprint density at radius 2 is 1.94 bits per heavy atom. The fourth-order valence-corrected chi connectivity index (χ4v) is 2.93. The van der Waals surface area contributed by atoms with E-state index in [1.165, 1.54) is 0 Å². The van der Waals surface area contributed by atoms with Gasteiger partial charge in [-0.05, 0) is 53.2 Å². The van der Waals surface area contributed by atoms with E-state index in [-0.39, 0.29) is 11.5 Å². The molecule has 0 saturated carbocycles. The smallest absolute Gasteiger partial charge is 0.179 e. The van der Waals surface area contributed by atoms with Crippen LogP contribution >= 0.6 is 47.8 Å². The molecule has 0 aliphatic rings. The molecule has 0 aromatic carbocycles. The van der Waals surface area contributed by atoms with Gasteiger partial charge in [0.2, 0.25) is 0 Å². The van der Waals surface area contributed by atoms with Gasteiger partial charge in [0.05, 0.1) is 6.54 Å². The van der Waals surface area contributed by atoms with Gasteiger partial charge in [0, 0.05) is 0 Å². The summed E-state index contributed by atoms with van der Waals surface area (Å²) in [5.41, 5.74) is -0.169. The highest BCUT2D eigenvalue weighted by Gasteiger charge is 2.27. The molecule has 16 heavy (non-hydrogen) atoms. The van der Waals surface area contributed by atoms with E-state index in [0.717, 1.165) is 4.60 Å². The number of rotatable bonds is 3. The molecule has 7 heteroatoms. The van der Waals surface area contributed by atoms with E-state index in [1.54, 1.807) is 0 Å². The molecule has 0 saturated heterocycles. The Labute approximate surface area is 120 Å². The number of hydrogen-bond donors (Lipinski definition) is 0. The Kier molecular flexibility index (Phi) is 4.71. The van der Waals surface area contributed by atoms with Crippen LogP contribution in [0.3, 0.4) is 0 Å². The number of halogens is 3. The third-order valence-electron chi connectivity index (χ3n) is 2.30. The van der Waals surface area contributed by atoms with E-state index in [1.807, 2.05) is 25.3 Å². The van der Waals surface area contributed by atoms with Crippen molar-refractivity contribution in [2.45, 2.75) is 33.4 Å². The van der Waals surface area contributed by atoms with Gasteiger partial charge >= 0.3 is 0 Å². The summed E-state index contributed by atoms with van der Waals surface area (Å²) in [6.07, 6.45) is 0. The minimum absolute atomic E-state index is 0.169. The lowest BCUT2D eigenvalue weighted by molar-refractivity contribution is 0.289. The molecular formula is C9H12Br3N3O. The summed E-state index contributed by atoms with van der Waals surface area (Å²) in [4.78, 5) is 15.0. The van der Waals surface area contributed by atoms with Crippen LogP contribution in [-0.2, 0) is 6.54 Å². The van der Waals surface area contributed by atoms with Crippen molar-refractivity contribution in [1.29, 1.82) is 0 Å². The molecule has 4 nitrogen and oxygen atoms in total. The molecule has 0 amide bonds. The summed E-state index contributed by atoms with van der Waals surface area (Å²) in [5.74, 6) is 0. The zero-order valence-electron chi connectivity index (χ0n) is 9.17. The highest BCUT2D eigenvalue weighted by Crippen LogP contribution is 2.30. The molecule has 1 aromatic heterocycles. The first kappa shape index (κ1) is 14.3. The monoisotopic (exact) mass is 415 g/mol. The van der Waals surface area contributed by atoms with E-state index in [4.69, 9.17) is 0 Å². The van der Waals surface area contributed by atoms with Gasteiger partial charge in [-0.15, -0.1) is 0 Å². The minimum Gasteiger partial charge on any atom is -0.310 e. The Bertz CT molecular complexity index is 397. The highest BCUT2D eigenvalue weighted by atomic mass is 79.9. The molecule has 0 radical (unpaired) electrons. The van der Waals surface area contributed by atoms with Gasteiger partial charge in [-0.25, -0.2) is 4.98 Å². The van der Waals surface area contributed by atoms with E-state index in [9.17, 15) is 4.91 Å². The second kappa shape index (κ2) is 5.27. The molecule has 0 N–H and O–H groups in total.